The molecule has 0 aliphatic rings. The van der Waals surface area contributed by atoms with Crippen LogP contribution in [0.4, 0.5) is 0 Å². The smallest absolute Gasteiger partial charge is 0.182 e. The van der Waals surface area contributed by atoms with Gasteiger partial charge < -0.3 is 0 Å². The van der Waals surface area contributed by atoms with Gasteiger partial charge in [0.1, 0.15) is 5.69 Å². The predicted molar refractivity (Wildman–Crippen MR) is 201 cm³/mol. The van der Waals surface area contributed by atoms with E-state index in [1.807, 2.05) is 97.3 Å². The Kier molecular flexibility index (Phi) is 7.37. The van der Waals surface area contributed by atoms with Gasteiger partial charge in [-0.3, -0.25) is 9.97 Å². The SMILES string of the molecule is c1ccc(-c2ccc(-c3nc(-c4ccccc4)nc(-c4ccc(-c5ccnc(-c6nc7ccccc7c7ccccc67)c5)cn4)n3)cc2)cc1. The van der Waals surface area contributed by atoms with Crippen molar-refractivity contribution >= 4 is 21.7 Å². The summed E-state index contributed by atoms with van der Waals surface area (Å²) in [7, 11) is 0. The number of hydrogen-bond donors (Lipinski definition) is 0. The highest BCUT2D eigenvalue weighted by Crippen LogP contribution is 2.33. The fourth-order valence-corrected chi connectivity index (χ4v) is 6.31. The van der Waals surface area contributed by atoms with E-state index in [0.29, 0.717) is 23.2 Å². The van der Waals surface area contributed by atoms with Crippen molar-refractivity contribution in [2.75, 3.05) is 0 Å². The summed E-state index contributed by atoms with van der Waals surface area (Å²) in [6.45, 7) is 0. The molecule has 0 bridgehead atoms. The first-order chi connectivity index (χ1) is 24.8. The van der Waals surface area contributed by atoms with Gasteiger partial charge in [0, 0.05) is 39.9 Å². The number of para-hydroxylation sites is 1. The molecule has 0 unspecified atom stereocenters. The molecule has 0 saturated heterocycles. The van der Waals surface area contributed by atoms with E-state index in [9.17, 15) is 0 Å². The van der Waals surface area contributed by atoms with E-state index >= 15 is 0 Å². The minimum atomic E-state index is 0.509. The molecule has 0 saturated carbocycles. The predicted octanol–water partition coefficient (Wildman–Crippen LogP) is 10.4. The van der Waals surface area contributed by atoms with E-state index in [0.717, 1.165) is 66.4 Å². The van der Waals surface area contributed by atoms with Gasteiger partial charge in [-0.1, -0.05) is 133 Å². The van der Waals surface area contributed by atoms with E-state index < -0.39 is 0 Å². The molecule has 0 N–H and O–H groups in total. The number of nitrogens with zero attached hydrogens (tertiary/aromatic N) is 6. The minimum absolute atomic E-state index is 0.509. The third-order valence-electron chi connectivity index (χ3n) is 8.85. The summed E-state index contributed by atoms with van der Waals surface area (Å²) >= 11 is 0. The van der Waals surface area contributed by atoms with Crippen LogP contribution in [-0.4, -0.2) is 29.9 Å². The van der Waals surface area contributed by atoms with Crippen molar-refractivity contribution in [3.8, 4) is 67.9 Å². The summed E-state index contributed by atoms with van der Waals surface area (Å²) in [6, 6.07) is 53.3. The zero-order chi connectivity index (χ0) is 33.3. The second-order valence-electron chi connectivity index (χ2n) is 12.0. The van der Waals surface area contributed by atoms with Gasteiger partial charge in [-0.05, 0) is 46.3 Å². The van der Waals surface area contributed by atoms with Gasteiger partial charge in [0.2, 0.25) is 0 Å². The first-order valence-corrected chi connectivity index (χ1v) is 16.4. The van der Waals surface area contributed by atoms with E-state index in [1.165, 1.54) is 0 Å². The third kappa shape index (κ3) is 5.55. The highest BCUT2D eigenvalue weighted by molar-refractivity contribution is 6.10. The van der Waals surface area contributed by atoms with Crippen molar-refractivity contribution in [3.05, 3.63) is 170 Å². The zero-order valence-corrected chi connectivity index (χ0v) is 26.8. The Morgan fingerprint density at radius 2 is 0.880 bits per heavy atom. The normalized spacial score (nSPS) is 11.2. The van der Waals surface area contributed by atoms with Crippen LogP contribution in [0.25, 0.3) is 89.6 Å². The van der Waals surface area contributed by atoms with Gasteiger partial charge in [-0.2, -0.15) is 0 Å². The fraction of sp³-hybridized carbons (Fsp3) is 0. The fourth-order valence-electron chi connectivity index (χ4n) is 6.31. The average Bonchev–Trinajstić information content (AvgIpc) is 3.21. The maximum atomic E-state index is 5.05. The van der Waals surface area contributed by atoms with Gasteiger partial charge in [0.25, 0.3) is 0 Å². The van der Waals surface area contributed by atoms with Crippen molar-refractivity contribution in [3.63, 3.8) is 0 Å². The third-order valence-corrected chi connectivity index (χ3v) is 8.85. The van der Waals surface area contributed by atoms with Gasteiger partial charge in [-0.25, -0.2) is 19.9 Å². The molecule has 0 radical (unpaired) electrons. The largest absolute Gasteiger partial charge is 0.255 e. The van der Waals surface area contributed by atoms with Gasteiger partial charge >= 0.3 is 0 Å². The lowest BCUT2D eigenvalue weighted by atomic mass is 10.0. The van der Waals surface area contributed by atoms with E-state index in [-0.39, 0.29) is 0 Å². The van der Waals surface area contributed by atoms with Crippen LogP contribution in [0.15, 0.2) is 170 Å². The van der Waals surface area contributed by atoms with Crippen LogP contribution in [0.3, 0.4) is 0 Å². The molecule has 0 aliphatic carbocycles. The van der Waals surface area contributed by atoms with Crippen molar-refractivity contribution in [2.45, 2.75) is 0 Å². The van der Waals surface area contributed by atoms with Crippen LogP contribution >= 0.6 is 0 Å². The molecule has 0 fully saturated rings. The molecule has 5 aromatic carbocycles. The molecule has 6 nitrogen and oxygen atoms in total. The molecule has 0 spiro atoms. The first-order valence-electron chi connectivity index (χ1n) is 16.4. The number of hydrogen-bond acceptors (Lipinski definition) is 6. The summed E-state index contributed by atoms with van der Waals surface area (Å²) in [5, 5.41) is 3.35. The monoisotopic (exact) mass is 640 g/mol. The van der Waals surface area contributed by atoms with Gasteiger partial charge in [-0.15, -0.1) is 0 Å². The highest BCUT2D eigenvalue weighted by Gasteiger charge is 2.15. The standard InChI is InChI=1S/C44H28N6/c1-3-11-29(12-4-1)30-19-21-32(22-20-30)43-48-42(31-13-5-2-6-14-31)49-44(50-43)39-24-23-34(28-46-39)33-25-26-45-40(27-33)41-37-17-8-7-15-35(37)36-16-9-10-18-38(36)47-41/h1-28H. The zero-order valence-electron chi connectivity index (χ0n) is 26.8. The number of aromatic nitrogens is 6. The summed E-state index contributed by atoms with van der Waals surface area (Å²) in [5.74, 6) is 1.69. The van der Waals surface area contributed by atoms with Crippen LogP contribution in [0.5, 0.6) is 0 Å². The molecular formula is C44H28N6. The Bertz CT molecular complexity index is 2620. The number of rotatable bonds is 6. The van der Waals surface area contributed by atoms with Crippen LogP contribution < -0.4 is 0 Å². The Balaban J connectivity index is 1.08. The van der Waals surface area contributed by atoms with E-state index in [2.05, 4.69) is 72.8 Å². The van der Waals surface area contributed by atoms with Crippen LogP contribution in [0, 0.1) is 0 Å². The Morgan fingerprint density at radius 3 is 1.60 bits per heavy atom. The molecule has 6 heteroatoms. The lowest BCUT2D eigenvalue weighted by molar-refractivity contribution is 1.06. The topological polar surface area (TPSA) is 77.3 Å². The molecule has 50 heavy (non-hydrogen) atoms. The lowest BCUT2D eigenvalue weighted by Gasteiger charge is -2.11. The molecule has 4 aromatic heterocycles. The van der Waals surface area contributed by atoms with Crippen molar-refractivity contribution < 1.29 is 0 Å². The second-order valence-corrected chi connectivity index (χ2v) is 12.0. The average molecular weight is 641 g/mol. The number of pyridine rings is 3. The quantitative estimate of drug-likeness (QED) is 0.168. The van der Waals surface area contributed by atoms with E-state index in [1.54, 1.807) is 0 Å². The highest BCUT2D eigenvalue weighted by atomic mass is 15.0. The van der Waals surface area contributed by atoms with Gasteiger partial charge in [0.15, 0.2) is 17.5 Å². The van der Waals surface area contributed by atoms with Crippen molar-refractivity contribution in [2.24, 2.45) is 0 Å². The van der Waals surface area contributed by atoms with Crippen molar-refractivity contribution in [1.82, 2.24) is 29.9 Å². The second kappa shape index (κ2) is 12.6. The van der Waals surface area contributed by atoms with Crippen molar-refractivity contribution in [1.29, 1.82) is 0 Å². The lowest BCUT2D eigenvalue weighted by Crippen LogP contribution is -2.01. The first kappa shape index (κ1) is 29.2. The van der Waals surface area contributed by atoms with Crippen LogP contribution in [-0.2, 0) is 0 Å². The summed E-state index contributed by atoms with van der Waals surface area (Å²) in [6.07, 6.45) is 3.69. The molecular weight excluding hydrogens is 613 g/mol. The number of benzene rings is 5. The molecule has 234 valence electrons. The molecule has 9 rings (SSSR count). The summed E-state index contributed by atoms with van der Waals surface area (Å²) in [5.41, 5.74) is 9.32. The molecule has 4 heterocycles. The Morgan fingerprint density at radius 1 is 0.320 bits per heavy atom. The summed E-state index contributed by atoms with van der Waals surface area (Å²) in [4.78, 5) is 29.3. The molecule has 0 aliphatic heterocycles. The maximum Gasteiger partial charge on any atom is 0.182 e. The molecule has 9 aromatic rings. The molecule has 0 amide bonds. The van der Waals surface area contributed by atoms with Crippen LogP contribution in [0.1, 0.15) is 0 Å². The summed E-state index contributed by atoms with van der Waals surface area (Å²) < 4.78 is 0. The Hall–Kier alpha value is -6.92. The molecule has 0 atom stereocenters. The minimum Gasteiger partial charge on any atom is -0.255 e. The Labute approximate surface area is 288 Å². The maximum absolute atomic E-state index is 5.05. The van der Waals surface area contributed by atoms with Gasteiger partial charge in [0.05, 0.1) is 16.9 Å². The number of fused-ring (bicyclic) bond motifs is 3. The van der Waals surface area contributed by atoms with Crippen LogP contribution in [0.2, 0.25) is 0 Å². The van der Waals surface area contributed by atoms with E-state index in [4.69, 9.17) is 29.9 Å².